The minimum absolute atomic E-state index is 0.0423. The summed E-state index contributed by atoms with van der Waals surface area (Å²) in [4.78, 5) is 39.6. The number of benzene rings is 3. The van der Waals surface area contributed by atoms with Crippen molar-refractivity contribution < 1.29 is 14.4 Å². The van der Waals surface area contributed by atoms with Crippen molar-refractivity contribution in [2.75, 3.05) is 6.54 Å². The fourth-order valence-corrected chi connectivity index (χ4v) is 4.26. The van der Waals surface area contributed by atoms with Crippen LogP contribution in [-0.4, -0.2) is 29.0 Å². The van der Waals surface area contributed by atoms with Crippen molar-refractivity contribution in [1.29, 1.82) is 0 Å². The average Bonchev–Trinajstić information content (AvgIpc) is 3.02. The smallest absolute Gasteiger partial charge is 0.261 e. The first kappa shape index (κ1) is 22.9. The minimum atomic E-state index is -0.364. The lowest BCUT2D eigenvalue weighted by molar-refractivity contribution is 0.0633. The lowest BCUT2D eigenvalue weighted by Crippen LogP contribution is -2.33. The van der Waals surface area contributed by atoms with E-state index in [1.54, 1.807) is 12.1 Å². The van der Waals surface area contributed by atoms with Crippen molar-refractivity contribution in [2.24, 2.45) is 5.41 Å². The van der Waals surface area contributed by atoms with Crippen LogP contribution in [0.4, 0.5) is 0 Å². The van der Waals surface area contributed by atoms with Crippen molar-refractivity contribution in [3.63, 3.8) is 0 Å². The Bertz CT molecular complexity index is 1230. The molecule has 0 spiro atoms. The fraction of sp³-hybridized carbons (Fsp3) is 0.250. The van der Waals surface area contributed by atoms with E-state index in [-0.39, 0.29) is 23.0 Å². The number of nitrogens with zero attached hydrogens (tertiary/aromatic N) is 1. The lowest BCUT2D eigenvalue weighted by Gasteiger charge is -2.26. The van der Waals surface area contributed by atoms with Gasteiger partial charge in [-0.25, -0.2) is 0 Å². The summed E-state index contributed by atoms with van der Waals surface area (Å²) in [5.41, 5.74) is 4.21. The van der Waals surface area contributed by atoms with E-state index >= 15 is 0 Å². The Labute approximate surface area is 199 Å². The molecular formula is C28H26ClNO3. The summed E-state index contributed by atoms with van der Waals surface area (Å²) in [6, 6.07) is 20.4. The van der Waals surface area contributed by atoms with Crippen LogP contribution in [0.1, 0.15) is 63.3 Å². The number of carbonyl (C=O) groups excluding carboxylic acids is 3. The van der Waals surface area contributed by atoms with Crippen LogP contribution in [0.2, 0.25) is 5.02 Å². The summed E-state index contributed by atoms with van der Waals surface area (Å²) in [7, 11) is 0. The molecule has 0 saturated heterocycles. The van der Waals surface area contributed by atoms with Gasteiger partial charge in [0.15, 0.2) is 5.78 Å². The molecule has 0 N–H and O–H groups in total. The van der Waals surface area contributed by atoms with Crippen LogP contribution in [-0.2, 0) is 0 Å². The second-order valence-corrected chi connectivity index (χ2v) is 9.85. The van der Waals surface area contributed by atoms with E-state index in [9.17, 15) is 14.4 Å². The highest BCUT2D eigenvalue weighted by Gasteiger charge is 2.36. The number of imide groups is 1. The second kappa shape index (κ2) is 8.95. The zero-order valence-electron chi connectivity index (χ0n) is 19.0. The Morgan fingerprint density at radius 2 is 1.42 bits per heavy atom. The predicted molar refractivity (Wildman–Crippen MR) is 131 cm³/mol. The Balaban J connectivity index is 1.38. The lowest BCUT2D eigenvalue weighted by atomic mass is 9.82. The molecule has 5 heteroatoms. The van der Waals surface area contributed by atoms with Crippen LogP contribution in [0.5, 0.6) is 0 Å². The Hall–Kier alpha value is -3.24. The number of ketones is 1. The molecule has 3 aromatic rings. The van der Waals surface area contributed by atoms with Crippen molar-refractivity contribution in [3.05, 3.63) is 94.0 Å². The number of carbonyl (C=O) groups is 3. The first-order valence-electron chi connectivity index (χ1n) is 11.0. The van der Waals surface area contributed by atoms with E-state index in [1.807, 2.05) is 75.4 Å². The first-order chi connectivity index (χ1) is 15.6. The van der Waals surface area contributed by atoms with E-state index in [0.717, 1.165) is 16.7 Å². The van der Waals surface area contributed by atoms with Gasteiger partial charge in [-0.1, -0.05) is 73.5 Å². The van der Waals surface area contributed by atoms with Gasteiger partial charge < -0.3 is 0 Å². The molecule has 0 fully saturated rings. The maximum atomic E-state index is 12.9. The number of amides is 2. The van der Waals surface area contributed by atoms with E-state index in [4.69, 9.17) is 11.6 Å². The highest BCUT2D eigenvalue weighted by Crippen LogP contribution is 2.31. The number of fused-ring (bicyclic) bond motifs is 1. The molecule has 4 rings (SSSR count). The molecule has 0 atom stereocenters. The van der Waals surface area contributed by atoms with Gasteiger partial charge in [-0.3, -0.25) is 19.3 Å². The monoisotopic (exact) mass is 459 g/mol. The third kappa shape index (κ3) is 4.91. The van der Waals surface area contributed by atoms with Gasteiger partial charge in [-0.2, -0.15) is 0 Å². The van der Waals surface area contributed by atoms with E-state index in [1.165, 1.54) is 4.90 Å². The quantitative estimate of drug-likeness (QED) is 0.295. The van der Waals surface area contributed by atoms with E-state index in [0.29, 0.717) is 41.1 Å². The van der Waals surface area contributed by atoms with Crippen molar-refractivity contribution in [1.82, 2.24) is 4.90 Å². The zero-order valence-corrected chi connectivity index (χ0v) is 19.8. The zero-order chi connectivity index (χ0) is 23.8. The van der Waals surface area contributed by atoms with Gasteiger partial charge in [-0.15, -0.1) is 0 Å². The van der Waals surface area contributed by atoms with E-state index < -0.39 is 0 Å². The van der Waals surface area contributed by atoms with Gasteiger partial charge in [0.25, 0.3) is 11.8 Å². The standard InChI is InChI=1S/C28H26ClNO3/c1-18-4-13-23-24(16-18)27(33)30(26(23)32)15-14-28(2,3)17-25(31)21-7-5-19(6-8-21)20-9-11-22(29)12-10-20/h4-13,16H,14-15,17H2,1-3H3. The molecule has 1 heterocycles. The van der Waals surface area contributed by atoms with Crippen molar-refractivity contribution in [2.45, 2.75) is 33.6 Å². The van der Waals surface area contributed by atoms with E-state index in [2.05, 4.69) is 0 Å². The SMILES string of the molecule is Cc1ccc2c(c1)C(=O)N(CCC(C)(C)CC(=O)c1ccc(-c3ccc(Cl)cc3)cc1)C2=O. The summed E-state index contributed by atoms with van der Waals surface area (Å²) in [5, 5.41) is 0.684. The van der Waals surface area contributed by atoms with Gasteiger partial charge in [0, 0.05) is 23.6 Å². The first-order valence-corrected chi connectivity index (χ1v) is 11.4. The Morgan fingerprint density at radius 3 is 2.06 bits per heavy atom. The largest absolute Gasteiger partial charge is 0.294 e. The average molecular weight is 460 g/mol. The fourth-order valence-electron chi connectivity index (χ4n) is 4.14. The molecule has 0 radical (unpaired) electrons. The second-order valence-electron chi connectivity index (χ2n) is 9.41. The van der Waals surface area contributed by atoms with Crippen LogP contribution in [0.25, 0.3) is 11.1 Å². The summed E-state index contributed by atoms with van der Waals surface area (Å²) in [6.07, 6.45) is 0.877. The molecule has 3 aromatic carbocycles. The number of rotatable bonds is 7. The van der Waals surface area contributed by atoms with Gasteiger partial charge in [-0.05, 0) is 54.2 Å². The number of aryl methyl sites for hydroxylation is 1. The molecular weight excluding hydrogens is 434 g/mol. The van der Waals surface area contributed by atoms with Crippen LogP contribution >= 0.6 is 11.6 Å². The molecule has 0 unspecified atom stereocenters. The molecule has 2 amide bonds. The van der Waals surface area contributed by atoms with Crippen molar-refractivity contribution in [3.8, 4) is 11.1 Å². The third-order valence-corrected chi connectivity index (χ3v) is 6.41. The minimum Gasteiger partial charge on any atom is -0.294 e. The van der Waals surface area contributed by atoms with Gasteiger partial charge >= 0.3 is 0 Å². The van der Waals surface area contributed by atoms with Crippen LogP contribution in [0.3, 0.4) is 0 Å². The topological polar surface area (TPSA) is 54.5 Å². The van der Waals surface area contributed by atoms with Crippen LogP contribution in [0.15, 0.2) is 66.7 Å². The third-order valence-electron chi connectivity index (χ3n) is 6.16. The molecule has 0 aromatic heterocycles. The number of hydrogen-bond acceptors (Lipinski definition) is 3. The Morgan fingerprint density at radius 1 is 0.848 bits per heavy atom. The molecule has 4 nitrogen and oxygen atoms in total. The number of Topliss-reactive ketones (excluding diaryl/α,β-unsaturated/α-hetero) is 1. The number of halogens is 1. The number of hydrogen-bond donors (Lipinski definition) is 0. The molecule has 1 aliphatic heterocycles. The highest BCUT2D eigenvalue weighted by molar-refractivity contribution is 6.30. The summed E-state index contributed by atoms with van der Waals surface area (Å²) < 4.78 is 0. The Kier molecular flexibility index (Phi) is 6.22. The van der Waals surface area contributed by atoms with Crippen LogP contribution in [0, 0.1) is 12.3 Å². The molecule has 1 aliphatic rings. The van der Waals surface area contributed by atoms with Gasteiger partial charge in [0.2, 0.25) is 0 Å². The highest BCUT2D eigenvalue weighted by atomic mass is 35.5. The summed E-state index contributed by atoms with van der Waals surface area (Å²) >= 11 is 5.96. The molecule has 0 saturated carbocycles. The van der Waals surface area contributed by atoms with Gasteiger partial charge in [0.05, 0.1) is 11.1 Å². The molecule has 33 heavy (non-hydrogen) atoms. The molecule has 168 valence electrons. The molecule has 0 bridgehead atoms. The predicted octanol–water partition coefficient (Wildman–Crippen LogP) is 6.60. The van der Waals surface area contributed by atoms with Crippen LogP contribution < -0.4 is 0 Å². The normalized spacial score (nSPS) is 13.4. The summed E-state index contributed by atoms with van der Waals surface area (Å²) in [6.45, 7) is 6.18. The molecule has 0 aliphatic carbocycles. The maximum absolute atomic E-state index is 12.9. The maximum Gasteiger partial charge on any atom is 0.261 e. The summed E-state index contributed by atoms with van der Waals surface area (Å²) in [5.74, 6) is -0.464. The van der Waals surface area contributed by atoms with Gasteiger partial charge in [0.1, 0.15) is 0 Å². The van der Waals surface area contributed by atoms with Crippen molar-refractivity contribution >= 4 is 29.2 Å².